The molecule has 0 aliphatic heterocycles. The van der Waals surface area contributed by atoms with Crippen molar-refractivity contribution in [3.8, 4) is 11.3 Å². The first-order valence-corrected chi connectivity index (χ1v) is 11.6. The summed E-state index contributed by atoms with van der Waals surface area (Å²) in [5.41, 5.74) is 1.57. The summed E-state index contributed by atoms with van der Waals surface area (Å²) in [5, 5.41) is 13.8. The number of carbonyl (C=O) groups is 1. The highest BCUT2D eigenvalue weighted by Crippen LogP contribution is 2.41. The van der Waals surface area contributed by atoms with Crippen LogP contribution in [0.5, 0.6) is 0 Å². The van der Waals surface area contributed by atoms with Gasteiger partial charge >= 0.3 is 0 Å². The lowest BCUT2D eigenvalue weighted by molar-refractivity contribution is -0.130. The van der Waals surface area contributed by atoms with Crippen LogP contribution in [0.2, 0.25) is 0 Å². The number of aliphatic hydroxyl groups is 1. The zero-order chi connectivity index (χ0) is 23.2. The average Bonchev–Trinajstić information content (AvgIpc) is 3.34. The Balaban J connectivity index is 1.32. The number of halogens is 3. The molecule has 33 heavy (non-hydrogen) atoms. The molecule has 7 heteroatoms. The van der Waals surface area contributed by atoms with Crippen LogP contribution in [0.4, 0.5) is 13.2 Å². The van der Waals surface area contributed by atoms with Gasteiger partial charge in [-0.15, -0.1) is 0 Å². The maximum atomic E-state index is 14.5. The van der Waals surface area contributed by atoms with Gasteiger partial charge in [0.15, 0.2) is 0 Å². The van der Waals surface area contributed by atoms with E-state index >= 15 is 0 Å². The van der Waals surface area contributed by atoms with Crippen LogP contribution < -0.4 is 5.32 Å². The van der Waals surface area contributed by atoms with E-state index in [2.05, 4.69) is 10.3 Å². The Hall–Kier alpha value is -2.80. The standard InChI is InChI=1S/C26H27F3N2O2/c27-18-5-3-16(4-6-18)23-20(21-12-19(28)13-22(29)24(21)31-23)11-15-9-17(10-15)25(32)30-14-26(33)7-1-2-8-26/h3-6,12-13,15,17,31,33H,1-2,7-11,14H2,(H,30,32). The van der Waals surface area contributed by atoms with Crippen molar-refractivity contribution in [2.24, 2.45) is 11.8 Å². The number of benzene rings is 2. The quantitative estimate of drug-likeness (QED) is 0.475. The SMILES string of the molecule is O=C(NCC1(O)CCCC1)C1CC(Cc2c(-c3ccc(F)cc3)[nH]c3c(F)cc(F)cc23)C1. The monoisotopic (exact) mass is 456 g/mol. The lowest BCUT2D eigenvalue weighted by Crippen LogP contribution is -2.46. The summed E-state index contributed by atoms with van der Waals surface area (Å²) in [6.45, 7) is 0.294. The van der Waals surface area contributed by atoms with E-state index in [1.807, 2.05) is 0 Å². The van der Waals surface area contributed by atoms with Gasteiger partial charge in [0.25, 0.3) is 0 Å². The summed E-state index contributed by atoms with van der Waals surface area (Å²) in [7, 11) is 0. The van der Waals surface area contributed by atoms with Crippen LogP contribution in [-0.4, -0.2) is 28.1 Å². The Labute approximate surface area is 190 Å². The van der Waals surface area contributed by atoms with Gasteiger partial charge in [0.1, 0.15) is 17.5 Å². The molecule has 0 unspecified atom stereocenters. The second kappa shape index (κ2) is 8.52. The van der Waals surface area contributed by atoms with Crippen LogP contribution in [0, 0.1) is 29.3 Å². The Morgan fingerprint density at radius 1 is 1.06 bits per heavy atom. The van der Waals surface area contributed by atoms with E-state index in [1.54, 1.807) is 12.1 Å². The largest absolute Gasteiger partial charge is 0.388 e. The highest BCUT2D eigenvalue weighted by molar-refractivity contribution is 5.91. The lowest BCUT2D eigenvalue weighted by Gasteiger charge is -2.35. The van der Waals surface area contributed by atoms with E-state index in [0.29, 0.717) is 42.5 Å². The Bertz CT molecular complexity index is 1180. The molecule has 4 nitrogen and oxygen atoms in total. The second-order valence-corrected chi connectivity index (χ2v) is 9.68. The molecule has 0 atom stereocenters. The van der Waals surface area contributed by atoms with Gasteiger partial charge in [-0.05, 0) is 79.5 Å². The number of hydrogen-bond acceptors (Lipinski definition) is 2. The molecule has 2 aliphatic rings. The van der Waals surface area contributed by atoms with E-state index in [4.69, 9.17) is 0 Å². The van der Waals surface area contributed by atoms with E-state index in [0.717, 1.165) is 37.3 Å². The molecule has 174 valence electrons. The minimum Gasteiger partial charge on any atom is -0.388 e. The molecule has 2 aliphatic carbocycles. The fraction of sp³-hybridized carbons (Fsp3) is 0.423. The van der Waals surface area contributed by atoms with Crippen LogP contribution in [0.25, 0.3) is 22.2 Å². The van der Waals surface area contributed by atoms with Crippen molar-refractivity contribution in [1.29, 1.82) is 0 Å². The molecule has 2 aromatic carbocycles. The number of carbonyl (C=O) groups excluding carboxylic acids is 1. The van der Waals surface area contributed by atoms with Crippen molar-refractivity contribution in [2.75, 3.05) is 6.54 Å². The topological polar surface area (TPSA) is 65.1 Å². The molecule has 0 bridgehead atoms. The summed E-state index contributed by atoms with van der Waals surface area (Å²) in [6.07, 6.45) is 5.33. The number of H-pyrrole nitrogens is 1. The number of amides is 1. The first-order chi connectivity index (χ1) is 15.8. The summed E-state index contributed by atoms with van der Waals surface area (Å²) in [5.74, 6) is -1.66. The van der Waals surface area contributed by atoms with Gasteiger partial charge in [0, 0.05) is 29.6 Å². The van der Waals surface area contributed by atoms with Crippen molar-refractivity contribution in [3.05, 3.63) is 59.4 Å². The third kappa shape index (κ3) is 4.38. The van der Waals surface area contributed by atoms with E-state index in [1.165, 1.54) is 18.2 Å². The minimum absolute atomic E-state index is 0.0404. The van der Waals surface area contributed by atoms with Gasteiger partial charge < -0.3 is 15.4 Å². The van der Waals surface area contributed by atoms with Crippen molar-refractivity contribution < 1.29 is 23.1 Å². The van der Waals surface area contributed by atoms with Gasteiger partial charge in [-0.25, -0.2) is 13.2 Å². The Morgan fingerprint density at radius 2 is 1.76 bits per heavy atom. The molecular weight excluding hydrogens is 429 g/mol. The Morgan fingerprint density at radius 3 is 2.45 bits per heavy atom. The molecule has 1 aromatic heterocycles. The van der Waals surface area contributed by atoms with Crippen molar-refractivity contribution in [3.63, 3.8) is 0 Å². The van der Waals surface area contributed by atoms with Crippen LogP contribution in [-0.2, 0) is 11.2 Å². The molecule has 5 rings (SSSR count). The molecule has 0 saturated heterocycles. The number of nitrogens with one attached hydrogen (secondary N) is 2. The number of aromatic amines is 1. The molecule has 0 radical (unpaired) electrons. The lowest BCUT2D eigenvalue weighted by atomic mass is 9.71. The maximum Gasteiger partial charge on any atom is 0.223 e. The van der Waals surface area contributed by atoms with Gasteiger partial charge in [0.2, 0.25) is 5.91 Å². The summed E-state index contributed by atoms with van der Waals surface area (Å²) in [6, 6.07) is 8.07. The molecule has 2 saturated carbocycles. The first-order valence-electron chi connectivity index (χ1n) is 11.6. The van der Waals surface area contributed by atoms with Gasteiger partial charge in [0.05, 0.1) is 11.1 Å². The number of rotatable bonds is 6. The van der Waals surface area contributed by atoms with E-state index < -0.39 is 17.2 Å². The predicted octanol–water partition coefficient (Wildman–Crippen LogP) is 5.24. The summed E-state index contributed by atoms with van der Waals surface area (Å²) in [4.78, 5) is 15.6. The zero-order valence-corrected chi connectivity index (χ0v) is 18.3. The number of aromatic nitrogens is 1. The molecule has 2 fully saturated rings. The normalized spacial score (nSPS) is 21.8. The average molecular weight is 457 g/mol. The van der Waals surface area contributed by atoms with Crippen LogP contribution in [0.3, 0.4) is 0 Å². The van der Waals surface area contributed by atoms with E-state index in [9.17, 15) is 23.1 Å². The van der Waals surface area contributed by atoms with Crippen LogP contribution in [0.1, 0.15) is 44.1 Å². The second-order valence-electron chi connectivity index (χ2n) is 9.68. The molecule has 3 aromatic rings. The highest BCUT2D eigenvalue weighted by atomic mass is 19.1. The molecular formula is C26H27F3N2O2. The summed E-state index contributed by atoms with van der Waals surface area (Å²) >= 11 is 0. The zero-order valence-electron chi connectivity index (χ0n) is 18.3. The Kier molecular flexibility index (Phi) is 5.69. The van der Waals surface area contributed by atoms with Crippen LogP contribution in [0.15, 0.2) is 36.4 Å². The van der Waals surface area contributed by atoms with Gasteiger partial charge in [-0.2, -0.15) is 0 Å². The fourth-order valence-corrected chi connectivity index (χ4v) is 5.36. The van der Waals surface area contributed by atoms with Crippen molar-refractivity contribution >= 4 is 16.8 Å². The fourth-order valence-electron chi connectivity index (χ4n) is 5.36. The molecule has 3 N–H and O–H groups in total. The number of hydrogen-bond donors (Lipinski definition) is 3. The highest BCUT2D eigenvalue weighted by Gasteiger charge is 2.37. The van der Waals surface area contributed by atoms with Gasteiger partial charge in [-0.1, -0.05) is 12.8 Å². The van der Waals surface area contributed by atoms with Gasteiger partial charge in [-0.3, -0.25) is 4.79 Å². The third-order valence-electron chi connectivity index (χ3n) is 7.29. The predicted molar refractivity (Wildman–Crippen MR) is 120 cm³/mol. The van der Waals surface area contributed by atoms with Crippen LogP contribution >= 0.6 is 0 Å². The molecule has 1 heterocycles. The number of fused-ring (bicyclic) bond motifs is 1. The third-order valence-corrected chi connectivity index (χ3v) is 7.29. The maximum absolute atomic E-state index is 14.5. The summed E-state index contributed by atoms with van der Waals surface area (Å²) < 4.78 is 41.9. The van der Waals surface area contributed by atoms with Crippen molar-refractivity contribution in [1.82, 2.24) is 10.3 Å². The smallest absolute Gasteiger partial charge is 0.223 e. The van der Waals surface area contributed by atoms with E-state index in [-0.39, 0.29) is 29.1 Å². The molecule has 0 spiro atoms. The van der Waals surface area contributed by atoms with Crippen molar-refractivity contribution in [2.45, 2.75) is 50.5 Å². The minimum atomic E-state index is -0.777. The first kappa shape index (κ1) is 22.0. The molecule has 1 amide bonds.